The number of nitrogens with two attached hydrogens (primary N) is 1. The summed E-state index contributed by atoms with van der Waals surface area (Å²) < 4.78 is 5.06. The Labute approximate surface area is 54.1 Å². The molecule has 0 aromatic carbocycles. The lowest BCUT2D eigenvalue weighted by Crippen LogP contribution is -2.48. The molecule has 0 aliphatic carbocycles. The van der Waals surface area contributed by atoms with Crippen molar-refractivity contribution in [3.8, 4) is 0 Å². The van der Waals surface area contributed by atoms with Crippen LogP contribution in [0.4, 0.5) is 0 Å². The van der Waals surface area contributed by atoms with Crippen LogP contribution < -0.4 is 10.6 Å². The van der Waals surface area contributed by atoms with Gasteiger partial charge in [-0.25, -0.2) is 5.41 Å². The molecular weight excluding hydrogens is 118 g/mol. The Kier molecular flexibility index (Phi) is 2.02. The summed E-state index contributed by atoms with van der Waals surface area (Å²) in [5, 5.41) is 7.04. The van der Waals surface area contributed by atoms with Crippen LogP contribution >= 0.6 is 0 Å². The number of guanidine groups is 1. The highest BCUT2D eigenvalue weighted by atomic mass is 16.5. The van der Waals surface area contributed by atoms with Crippen molar-refractivity contribution in [2.75, 3.05) is 26.3 Å². The summed E-state index contributed by atoms with van der Waals surface area (Å²) in [5.41, 5.74) is 5.22. The molecule has 3 N–H and O–H groups in total. The maximum atomic E-state index is 7.04. The molecule has 1 heterocycles. The fraction of sp³-hybridized carbons (Fsp3) is 0.800. The second kappa shape index (κ2) is 2.80. The van der Waals surface area contributed by atoms with Gasteiger partial charge in [0.1, 0.15) is 13.2 Å². The van der Waals surface area contributed by atoms with E-state index >= 15 is 0 Å². The Morgan fingerprint density at radius 3 is 2.33 bits per heavy atom. The van der Waals surface area contributed by atoms with E-state index in [2.05, 4.69) is 0 Å². The molecule has 0 spiro atoms. The van der Waals surface area contributed by atoms with Crippen molar-refractivity contribution < 1.29 is 4.74 Å². The van der Waals surface area contributed by atoms with Gasteiger partial charge >= 0.3 is 5.96 Å². The molecule has 1 fully saturated rings. The van der Waals surface area contributed by atoms with Crippen LogP contribution in [0.2, 0.25) is 0 Å². The van der Waals surface area contributed by atoms with Gasteiger partial charge in [0.15, 0.2) is 13.1 Å². The highest BCUT2D eigenvalue weighted by Crippen LogP contribution is 1.89. The Bertz CT molecular complexity index is 109. The minimum Gasteiger partial charge on any atom is -0.369 e. The average Bonchev–Trinajstić information content (AvgIpc) is 1.90. The number of rotatable bonds is 0. The first-order valence-corrected chi connectivity index (χ1v) is 2.97. The molecule has 1 rings (SSSR count). The molecule has 4 nitrogen and oxygen atoms in total. The quantitative estimate of drug-likeness (QED) is 0.251. The van der Waals surface area contributed by atoms with Gasteiger partial charge in [-0.15, -0.1) is 0 Å². The molecular formula is C5H11N3O+. The lowest BCUT2D eigenvalue weighted by molar-refractivity contribution is 0.0933. The zero-order valence-electron chi connectivity index (χ0n) is 5.26. The summed E-state index contributed by atoms with van der Waals surface area (Å²) in [6.07, 6.45) is 0. The van der Waals surface area contributed by atoms with Gasteiger partial charge < -0.3 is 10.5 Å². The number of nitrogens with zero attached hydrogens (tertiary/aromatic N) is 1. The standard InChI is InChI=1S/C5H11N3O/c6-5(7)8-1-3-9-4-2-8/h1-4H2,(H3,6,7)/q+1. The molecule has 0 amide bonds. The van der Waals surface area contributed by atoms with Crippen LogP contribution in [-0.2, 0) is 4.74 Å². The lowest BCUT2D eigenvalue weighted by Gasteiger charge is -2.14. The van der Waals surface area contributed by atoms with Gasteiger partial charge in [-0.05, 0) is 0 Å². The molecule has 0 unspecified atom stereocenters. The summed E-state index contributed by atoms with van der Waals surface area (Å²) in [6, 6.07) is 0. The molecule has 0 aromatic heterocycles. The smallest absolute Gasteiger partial charge is 0.341 e. The molecule has 1 aliphatic heterocycles. The molecule has 51 valence electrons. The minimum atomic E-state index is 0.151. The Hall–Kier alpha value is -0.610. The second-order valence-corrected chi connectivity index (χ2v) is 1.98. The Morgan fingerprint density at radius 2 is 2.00 bits per heavy atom. The predicted molar refractivity (Wildman–Crippen MR) is 34.6 cm³/mol. The Morgan fingerprint density at radius 1 is 1.44 bits per heavy atom. The molecule has 0 aromatic rings. The first-order chi connectivity index (χ1) is 4.30. The van der Waals surface area contributed by atoms with E-state index in [0.29, 0.717) is 13.2 Å². The van der Waals surface area contributed by atoms with Gasteiger partial charge in [0.05, 0.1) is 0 Å². The fourth-order valence-corrected chi connectivity index (χ4v) is 0.804. The second-order valence-electron chi connectivity index (χ2n) is 1.98. The molecule has 0 atom stereocenters. The van der Waals surface area contributed by atoms with E-state index in [1.165, 1.54) is 0 Å². The molecule has 1 aliphatic rings. The van der Waals surface area contributed by atoms with E-state index < -0.39 is 0 Å². The van der Waals surface area contributed by atoms with Gasteiger partial charge in [-0.3, -0.25) is 0 Å². The first-order valence-electron chi connectivity index (χ1n) is 2.97. The minimum absolute atomic E-state index is 0.151. The Balaban J connectivity index is 2.31. The third-order valence-electron chi connectivity index (χ3n) is 1.35. The maximum Gasteiger partial charge on any atom is 0.341 e. The van der Waals surface area contributed by atoms with Crippen LogP contribution in [0.3, 0.4) is 0 Å². The topological polar surface area (TPSA) is 65.0 Å². The van der Waals surface area contributed by atoms with E-state index in [9.17, 15) is 0 Å². The summed E-state index contributed by atoms with van der Waals surface area (Å²) in [4.78, 5) is 1.80. The predicted octanol–water partition coefficient (Wildman–Crippen LogP) is -0.950. The van der Waals surface area contributed by atoms with Gasteiger partial charge in [0, 0.05) is 0 Å². The summed E-state index contributed by atoms with van der Waals surface area (Å²) in [7, 11) is 0. The monoisotopic (exact) mass is 129 g/mol. The van der Waals surface area contributed by atoms with Gasteiger partial charge in [0.2, 0.25) is 0 Å². The van der Waals surface area contributed by atoms with Crippen molar-refractivity contribution in [3.63, 3.8) is 0 Å². The van der Waals surface area contributed by atoms with Crippen LogP contribution in [0.15, 0.2) is 0 Å². The molecule has 1 saturated heterocycles. The van der Waals surface area contributed by atoms with Crippen LogP contribution in [0.1, 0.15) is 0 Å². The zero-order valence-corrected chi connectivity index (χ0v) is 5.26. The summed E-state index contributed by atoms with van der Waals surface area (Å²) in [5.74, 6) is 0.151. The molecule has 0 saturated carbocycles. The number of nitrogens with one attached hydrogen (secondary N) is 1. The number of hydrogen-bond donors (Lipinski definition) is 2. The number of morpholine rings is 1. The highest BCUT2D eigenvalue weighted by Gasteiger charge is 2.22. The summed E-state index contributed by atoms with van der Waals surface area (Å²) in [6.45, 7) is 2.91. The van der Waals surface area contributed by atoms with E-state index in [-0.39, 0.29) is 5.96 Å². The number of ether oxygens (including phenoxy) is 1. The van der Waals surface area contributed by atoms with Gasteiger partial charge in [0.25, 0.3) is 0 Å². The third-order valence-corrected chi connectivity index (χ3v) is 1.35. The lowest BCUT2D eigenvalue weighted by atomic mass is 10.4. The first kappa shape index (κ1) is 6.51. The third kappa shape index (κ3) is 1.65. The van der Waals surface area contributed by atoms with Crippen LogP contribution in [0, 0.1) is 5.41 Å². The van der Waals surface area contributed by atoms with Crippen LogP contribution in [0.25, 0.3) is 0 Å². The zero-order chi connectivity index (χ0) is 6.69. The molecule has 9 heavy (non-hydrogen) atoms. The molecule has 0 bridgehead atoms. The molecule has 1 radical (unpaired) electrons. The van der Waals surface area contributed by atoms with Gasteiger partial charge in [-0.1, -0.05) is 4.90 Å². The normalized spacial score (nSPS) is 21.8. The van der Waals surface area contributed by atoms with Crippen molar-refractivity contribution in [2.24, 2.45) is 5.73 Å². The van der Waals surface area contributed by atoms with Crippen molar-refractivity contribution in [2.45, 2.75) is 0 Å². The van der Waals surface area contributed by atoms with Crippen molar-refractivity contribution >= 4 is 5.96 Å². The molecule has 4 heteroatoms. The largest absolute Gasteiger partial charge is 0.369 e. The highest BCUT2D eigenvalue weighted by molar-refractivity contribution is 5.77. The maximum absolute atomic E-state index is 7.04. The van der Waals surface area contributed by atoms with E-state index in [1.807, 2.05) is 0 Å². The van der Waals surface area contributed by atoms with Crippen molar-refractivity contribution in [3.05, 3.63) is 0 Å². The SMILES string of the molecule is N=C(N)[N+]1CCOCC1. The summed E-state index contributed by atoms with van der Waals surface area (Å²) >= 11 is 0. The van der Waals surface area contributed by atoms with Crippen LogP contribution in [-0.4, -0.2) is 32.3 Å². The van der Waals surface area contributed by atoms with Crippen LogP contribution in [0.5, 0.6) is 0 Å². The average molecular weight is 129 g/mol. The fourth-order valence-electron chi connectivity index (χ4n) is 0.804. The van der Waals surface area contributed by atoms with E-state index in [0.717, 1.165) is 13.1 Å². The van der Waals surface area contributed by atoms with Gasteiger partial charge in [-0.2, -0.15) is 0 Å². The van der Waals surface area contributed by atoms with E-state index in [4.69, 9.17) is 15.9 Å². The van der Waals surface area contributed by atoms with Crippen molar-refractivity contribution in [1.82, 2.24) is 4.90 Å². The van der Waals surface area contributed by atoms with E-state index in [1.54, 1.807) is 4.90 Å². The number of hydrogen-bond acceptors (Lipinski definition) is 2. The van der Waals surface area contributed by atoms with Crippen molar-refractivity contribution in [1.29, 1.82) is 5.41 Å².